The molecule has 1 saturated heterocycles. The molecule has 0 radical (unpaired) electrons. The fourth-order valence-corrected chi connectivity index (χ4v) is 3.36. The monoisotopic (exact) mass is 394 g/mol. The van der Waals surface area contributed by atoms with E-state index in [1.807, 2.05) is 38.1 Å². The number of carbonyl (C=O) groups is 1. The Labute approximate surface area is 172 Å². The fourth-order valence-electron chi connectivity index (χ4n) is 3.36. The molecule has 2 aromatic carbocycles. The maximum Gasteiger partial charge on any atom is 0.320 e. The zero-order valence-electron chi connectivity index (χ0n) is 17.2. The molecular formula is C23H30N4O2. The topological polar surface area (TPSA) is 82.7 Å². The minimum absolute atomic E-state index is 0.0826. The summed E-state index contributed by atoms with van der Waals surface area (Å²) in [5, 5.41) is 7.48. The Morgan fingerprint density at radius 2 is 1.55 bits per heavy atom. The average Bonchev–Trinajstić information content (AvgIpc) is 2.73. The number of anilines is 1. The number of nitrogens with two attached hydrogens (primary N) is 1. The van der Waals surface area contributed by atoms with Gasteiger partial charge < -0.3 is 15.4 Å². The molecule has 2 aromatic rings. The van der Waals surface area contributed by atoms with Gasteiger partial charge in [0.15, 0.2) is 0 Å². The molecule has 1 aliphatic heterocycles. The van der Waals surface area contributed by atoms with Gasteiger partial charge in [0, 0.05) is 37.4 Å². The Kier molecular flexibility index (Phi) is 6.88. The van der Waals surface area contributed by atoms with Crippen LogP contribution in [0.25, 0.3) is 11.1 Å². The molecule has 6 nitrogen and oxygen atoms in total. The van der Waals surface area contributed by atoms with E-state index < -0.39 is 0 Å². The molecule has 154 valence electrons. The molecule has 0 saturated carbocycles. The Morgan fingerprint density at radius 3 is 2.07 bits per heavy atom. The van der Waals surface area contributed by atoms with Crippen LogP contribution in [-0.2, 0) is 9.53 Å². The number of esters is 1. The van der Waals surface area contributed by atoms with Gasteiger partial charge in [-0.05, 0) is 29.2 Å². The number of hydrogen-bond acceptors (Lipinski definition) is 5. The molecule has 3 rings (SSSR count). The summed E-state index contributed by atoms with van der Waals surface area (Å²) in [7, 11) is 0. The van der Waals surface area contributed by atoms with Gasteiger partial charge in [-0.25, -0.2) is 0 Å². The Hall–Kier alpha value is -2.86. The molecule has 3 N–H and O–H groups in total. The van der Waals surface area contributed by atoms with Gasteiger partial charge in [-0.2, -0.15) is 0 Å². The lowest BCUT2D eigenvalue weighted by atomic mass is 10.0. The number of nitrogen functional groups attached to an aromatic ring is 1. The summed E-state index contributed by atoms with van der Waals surface area (Å²) in [5.74, 6) is 0.317. The van der Waals surface area contributed by atoms with E-state index in [2.05, 4.69) is 34.1 Å². The van der Waals surface area contributed by atoms with E-state index >= 15 is 0 Å². The first-order valence-corrected chi connectivity index (χ1v) is 10.1. The largest absolute Gasteiger partial charge is 0.464 e. The summed E-state index contributed by atoms with van der Waals surface area (Å²) in [6, 6.07) is 16.2. The highest BCUT2D eigenvalue weighted by Gasteiger charge is 2.20. The van der Waals surface area contributed by atoms with Gasteiger partial charge >= 0.3 is 5.97 Å². The van der Waals surface area contributed by atoms with Crippen molar-refractivity contribution in [1.82, 2.24) is 4.90 Å². The molecule has 29 heavy (non-hydrogen) atoms. The number of nitrogens with one attached hydrogen (secondary N) is 1. The third-order valence-electron chi connectivity index (χ3n) is 5.06. The SMILES string of the molecule is CC(C)COC(=O)CN1CCN(c2ccc(-c3ccc(C(=N)N)cc3)cc2)CC1. The number of hydrogen-bond donors (Lipinski definition) is 2. The summed E-state index contributed by atoms with van der Waals surface area (Å²) in [4.78, 5) is 16.4. The van der Waals surface area contributed by atoms with Crippen LogP contribution in [0.5, 0.6) is 0 Å². The molecule has 1 aliphatic rings. The second-order valence-electron chi connectivity index (χ2n) is 7.88. The first-order valence-electron chi connectivity index (χ1n) is 10.1. The maximum absolute atomic E-state index is 11.9. The van der Waals surface area contributed by atoms with E-state index in [9.17, 15) is 4.79 Å². The van der Waals surface area contributed by atoms with Crippen molar-refractivity contribution in [1.29, 1.82) is 5.41 Å². The maximum atomic E-state index is 11.9. The minimum atomic E-state index is -0.132. The zero-order valence-corrected chi connectivity index (χ0v) is 17.2. The van der Waals surface area contributed by atoms with Crippen molar-refractivity contribution in [2.75, 3.05) is 44.2 Å². The lowest BCUT2D eigenvalue weighted by Gasteiger charge is -2.35. The van der Waals surface area contributed by atoms with E-state index in [1.54, 1.807) is 0 Å². The van der Waals surface area contributed by atoms with Crippen molar-refractivity contribution >= 4 is 17.5 Å². The average molecular weight is 395 g/mol. The quantitative estimate of drug-likeness (QED) is 0.429. The van der Waals surface area contributed by atoms with Gasteiger partial charge in [0.05, 0.1) is 13.2 Å². The van der Waals surface area contributed by atoms with Gasteiger partial charge in [0.2, 0.25) is 0 Å². The zero-order chi connectivity index (χ0) is 20.8. The molecule has 0 unspecified atom stereocenters. The molecule has 0 atom stereocenters. The second kappa shape index (κ2) is 9.56. The number of benzene rings is 2. The van der Waals surface area contributed by atoms with Gasteiger partial charge in [-0.3, -0.25) is 15.1 Å². The number of amidine groups is 1. The number of nitrogens with zero attached hydrogens (tertiary/aromatic N) is 2. The highest BCUT2D eigenvalue weighted by molar-refractivity contribution is 5.95. The fraction of sp³-hybridized carbons (Fsp3) is 0.391. The molecule has 0 bridgehead atoms. The molecule has 0 amide bonds. The smallest absolute Gasteiger partial charge is 0.320 e. The molecular weight excluding hydrogens is 364 g/mol. The van der Waals surface area contributed by atoms with E-state index in [-0.39, 0.29) is 11.8 Å². The van der Waals surface area contributed by atoms with Crippen molar-refractivity contribution < 1.29 is 9.53 Å². The number of ether oxygens (including phenoxy) is 1. The van der Waals surface area contributed by atoms with Crippen LogP contribution < -0.4 is 10.6 Å². The van der Waals surface area contributed by atoms with E-state index in [1.165, 1.54) is 5.69 Å². The molecule has 0 aromatic heterocycles. The third kappa shape index (κ3) is 5.81. The van der Waals surface area contributed by atoms with Crippen LogP contribution in [0, 0.1) is 11.3 Å². The third-order valence-corrected chi connectivity index (χ3v) is 5.06. The van der Waals surface area contributed by atoms with E-state index in [0.717, 1.165) is 42.9 Å². The van der Waals surface area contributed by atoms with Gasteiger partial charge in [-0.1, -0.05) is 50.2 Å². The van der Waals surface area contributed by atoms with Crippen LogP contribution in [0.3, 0.4) is 0 Å². The van der Waals surface area contributed by atoms with Crippen molar-refractivity contribution in [3.63, 3.8) is 0 Å². The van der Waals surface area contributed by atoms with Crippen molar-refractivity contribution in [2.45, 2.75) is 13.8 Å². The van der Waals surface area contributed by atoms with Crippen LogP contribution in [0.4, 0.5) is 5.69 Å². The van der Waals surface area contributed by atoms with Crippen molar-refractivity contribution in [2.24, 2.45) is 11.7 Å². The minimum Gasteiger partial charge on any atom is -0.464 e. The molecule has 1 fully saturated rings. The summed E-state index contributed by atoms with van der Waals surface area (Å²) in [5.41, 5.74) is 9.68. The van der Waals surface area contributed by atoms with Crippen LogP contribution in [-0.4, -0.2) is 56.0 Å². The van der Waals surface area contributed by atoms with Gasteiger partial charge in [0.1, 0.15) is 5.84 Å². The van der Waals surface area contributed by atoms with E-state index in [4.69, 9.17) is 15.9 Å². The van der Waals surface area contributed by atoms with Crippen LogP contribution >= 0.6 is 0 Å². The predicted molar refractivity (Wildman–Crippen MR) is 117 cm³/mol. The summed E-state index contributed by atoms with van der Waals surface area (Å²) >= 11 is 0. The van der Waals surface area contributed by atoms with E-state index in [0.29, 0.717) is 19.1 Å². The van der Waals surface area contributed by atoms with Crippen molar-refractivity contribution in [3.8, 4) is 11.1 Å². The van der Waals surface area contributed by atoms with Crippen LogP contribution in [0.2, 0.25) is 0 Å². The van der Waals surface area contributed by atoms with Crippen LogP contribution in [0.15, 0.2) is 48.5 Å². The number of carbonyl (C=O) groups excluding carboxylic acids is 1. The number of rotatable bonds is 7. The highest BCUT2D eigenvalue weighted by atomic mass is 16.5. The van der Waals surface area contributed by atoms with Gasteiger partial charge in [-0.15, -0.1) is 0 Å². The molecule has 0 aliphatic carbocycles. The molecule has 0 spiro atoms. The first kappa shape index (κ1) is 20.9. The highest BCUT2D eigenvalue weighted by Crippen LogP contribution is 2.24. The lowest BCUT2D eigenvalue weighted by Crippen LogP contribution is -2.48. The predicted octanol–water partition coefficient (Wildman–Crippen LogP) is 2.96. The van der Waals surface area contributed by atoms with Crippen molar-refractivity contribution in [3.05, 3.63) is 54.1 Å². The van der Waals surface area contributed by atoms with Crippen LogP contribution in [0.1, 0.15) is 19.4 Å². The first-order chi connectivity index (χ1) is 13.9. The summed E-state index contributed by atoms with van der Waals surface area (Å²) < 4.78 is 5.28. The summed E-state index contributed by atoms with van der Waals surface area (Å²) in [6.07, 6.45) is 0. The Balaban J connectivity index is 1.52. The standard InChI is InChI=1S/C23H30N4O2/c1-17(2)16-29-22(28)15-26-11-13-27(14-12-26)21-9-7-19(8-10-21)18-3-5-20(6-4-18)23(24)25/h3-10,17H,11-16H2,1-2H3,(H3,24,25). The Bertz CT molecular complexity index is 823. The summed E-state index contributed by atoms with van der Waals surface area (Å²) in [6.45, 7) is 8.43. The Morgan fingerprint density at radius 1 is 1.00 bits per heavy atom. The molecule has 6 heteroatoms. The number of piperazine rings is 1. The molecule has 1 heterocycles. The second-order valence-corrected chi connectivity index (χ2v) is 7.88. The lowest BCUT2D eigenvalue weighted by molar-refractivity contribution is -0.146. The van der Waals surface area contributed by atoms with Gasteiger partial charge in [0.25, 0.3) is 0 Å². The normalized spacial score (nSPS) is 14.8.